The van der Waals surface area contributed by atoms with Crippen LogP contribution >= 0.6 is 12.6 Å². The Balaban J connectivity index is 2.64. The van der Waals surface area contributed by atoms with E-state index in [1.165, 1.54) is 10.9 Å². The molecule has 0 aliphatic rings. The predicted molar refractivity (Wildman–Crippen MR) is 58.5 cm³/mol. The molecule has 1 nitrogen and oxygen atoms in total. The summed E-state index contributed by atoms with van der Waals surface area (Å²) in [5, 5.41) is 1.23. The molecule has 2 aromatic rings. The average molecular weight is 192 g/mol. The molecule has 1 aromatic heterocycles. The summed E-state index contributed by atoms with van der Waals surface area (Å²) in [5.41, 5.74) is 2.28. The number of rotatable bonds is 2. The van der Waals surface area contributed by atoms with Crippen molar-refractivity contribution in [1.29, 1.82) is 0 Å². The molecule has 2 heteroatoms. The van der Waals surface area contributed by atoms with Crippen LogP contribution in [0, 0.1) is 6.92 Å². The maximum Gasteiger partial charge on any atom is 0.134 e. The molecule has 0 fully saturated rings. The molecule has 0 radical (unpaired) electrons. The van der Waals surface area contributed by atoms with Crippen molar-refractivity contribution in [3.63, 3.8) is 0 Å². The average Bonchev–Trinajstić information content (AvgIpc) is 2.44. The quantitative estimate of drug-likeness (QED) is 0.721. The van der Waals surface area contributed by atoms with E-state index in [2.05, 4.69) is 18.7 Å². The van der Waals surface area contributed by atoms with Crippen LogP contribution in [-0.4, -0.2) is 5.75 Å². The molecule has 0 aliphatic carbocycles. The maximum atomic E-state index is 5.62. The molecule has 0 spiro atoms. The van der Waals surface area contributed by atoms with E-state index < -0.39 is 0 Å². The molecule has 0 amide bonds. The molecular weight excluding hydrogens is 180 g/mol. The van der Waals surface area contributed by atoms with Gasteiger partial charge in [-0.15, -0.1) is 0 Å². The lowest BCUT2D eigenvalue weighted by atomic mass is 10.1. The second kappa shape index (κ2) is 3.46. The number of fused-ring (bicyclic) bond motifs is 1. The van der Waals surface area contributed by atoms with Crippen LogP contribution in [0.25, 0.3) is 11.0 Å². The van der Waals surface area contributed by atoms with Gasteiger partial charge in [-0.1, -0.05) is 18.2 Å². The number of furan rings is 1. The number of thiol groups is 1. The number of hydrogen-bond acceptors (Lipinski definition) is 2. The highest BCUT2D eigenvalue weighted by Crippen LogP contribution is 2.25. The van der Waals surface area contributed by atoms with Crippen LogP contribution in [0.3, 0.4) is 0 Å². The Kier molecular flexibility index (Phi) is 2.32. The predicted octanol–water partition coefficient (Wildman–Crippen LogP) is 3.21. The van der Waals surface area contributed by atoms with Gasteiger partial charge in [-0.25, -0.2) is 0 Å². The summed E-state index contributed by atoms with van der Waals surface area (Å²) in [6, 6.07) is 8.14. The molecule has 1 heterocycles. The van der Waals surface area contributed by atoms with Gasteiger partial charge in [-0.2, -0.15) is 12.6 Å². The highest BCUT2D eigenvalue weighted by atomic mass is 32.1. The molecule has 1 aromatic carbocycles. The first-order valence-corrected chi connectivity index (χ1v) is 5.04. The Morgan fingerprint density at radius 2 is 2.08 bits per heavy atom. The molecule has 0 N–H and O–H groups in total. The Labute approximate surface area is 83.2 Å². The van der Waals surface area contributed by atoms with Gasteiger partial charge in [0.05, 0.1) is 0 Å². The third kappa shape index (κ3) is 1.46. The summed E-state index contributed by atoms with van der Waals surface area (Å²) in [7, 11) is 0. The number of para-hydroxylation sites is 1. The van der Waals surface area contributed by atoms with Gasteiger partial charge >= 0.3 is 0 Å². The van der Waals surface area contributed by atoms with Crippen LogP contribution in [0.1, 0.15) is 11.3 Å². The lowest BCUT2D eigenvalue weighted by Crippen LogP contribution is -1.85. The van der Waals surface area contributed by atoms with Crippen LogP contribution in [-0.2, 0) is 6.42 Å². The van der Waals surface area contributed by atoms with E-state index in [4.69, 9.17) is 4.42 Å². The molecule has 68 valence electrons. The Bertz CT molecular complexity index is 417. The monoisotopic (exact) mass is 192 g/mol. The van der Waals surface area contributed by atoms with Gasteiger partial charge in [0.15, 0.2) is 0 Å². The van der Waals surface area contributed by atoms with Gasteiger partial charge < -0.3 is 4.42 Å². The van der Waals surface area contributed by atoms with Gasteiger partial charge in [-0.05, 0) is 25.2 Å². The topological polar surface area (TPSA) is 13.1 Å². The second-order valence-electron chi connectivity index (χ2n) is 3.11. The summed E-state index contributed by atoms with van der Waals surface area (Å²) in [4.78, 5) is 0. The van der Waals surface area contributed by atoms with Crippen molar-refractivity contribution in [3.8, 4) is 0 Å². The molecule has 2 rings (SSSR count). The van der Waals surface area contributed by atoms with Crippen molar-refractivity contribution in [2.45, 2.75) is 13.3 Å². The minimum Gasteiger partial charge on any atom is -0.461 e. The van der Waals surface area contributed by atoms with Crippen LogP contribution in [0.15, 0.2) is 28.7 Å². The molecule has 0 saturated heterocycles. The summed E-state index contributed by atoms with van der Waals surface area (Å²) in [6.45, 7) is 2.01. The van der Waals surface area contributed by atoms with E-state index in [-0.39, 0.29) is 0 Å². The smallest absolute Gasteiger partial charge is 0.134 e. The standard InChI is InChI=1S/C11H12OS/c1-8-9(6-7-13)10-4-2-3-5-11(10)12-8/h2-5,13H,6-7H2,1H3. The van der Waals surface area contributed by atoms with Crippen LogP contribution in [0.5, 0.6) is 0 Å². The third-order valence-corrected chi connectivity index (χ3v) is 2.49. The zero-order chi connectivity index (χ0) is 9.26. The first-order chi connectivity index (χ1) is 6.33. The van der Waals surface area contributed by atoms with Crippen molar-refractivity contribution in [2.24, 2.45) is 0 Å². The van der Waals surface area contributed by atoms with E-state index in [0.717, 1.165) is 23.5 Å². The Morgan fingerprint density at radius 3 is 2.85 bits per heavy atom. The lowest BCUT2D eigenvalue weighted by molar-refractivity contribution is 0.573. The zero-order valence-electron chi connectivity index (χ0n) is 7.58. The van der Waals surface area contributed by atoms with Gasteiger partial charge in [-0.3, -0.25) is 0 Å². The summed E-state index contributed by atoms with van der Waals surface area (Å²) < 4.78 is 5.62. The first-order valence-electron chi connectivity index (χ1n) is 4.41. The van der Waals surface area contributed by atoms with E-state index >= 15 is 0 Å². The van der Waals surface area contributed by atoms with Gasteiger partial charge in [0.1, 0.15) is 11.3 Å². The fraction of sp³-hybridized carbons (Fsp3) is 0.273. The van der Waals surface area contributed by atoms with Crippen molar-refractivity contribution in [1.82, 2.24) is 0 Å². The maximum absolute atomic E-state index is 5.62. The largest absolute Gasteiger partial charge is 0.461 e. The van der Waals surface area contributed by atoms with Gasteiger partial charge in [0, 0.05) is 10.9 Å². The molecule has 0 bridgehead atoms. The van der Waals surface area contributed by atoms with E-state index in [1.807, 2.05) is 25.1 Å². The fourth-order valence-electron chi connectivity index (χ4n) is 1.64. The zero-order valence-corrected chi connectivity index (χ0v) is 8.47. The number of aryl methyl sites for hydroxylation is 2. The SMILES string of the molecule is Cc1oc2ccccc2c1CCS. The van der Waals surface area contributed by atoms with E-state index in [1.54, 1.807) is 0 Å². The normalized spacial score (nSPS) is 10.9. The van der Waals surface area contributed by atoms with Crippen molar-refractivity contribution in [2.75, 3.05) is 5.75 Å². The molecule has 0 atom stereocenters. The molecular formula is C11H12OS. The first kappa shape index (κ1) is 8.70. The van der Waals surface area contributed by atoms with Crippen LogP contribution in [0.2, 0.25) is 0 Å². The van der Waals surface area contributed by atoms with Crippen molar-refractivity contribution < 1.29 is 4.42 Å². The van der Waals surface area contributed by atoms with Crippen LogP contribution in [0.4, 0.5) is 0 Å². The van der Waals surface area contributed by atoms with Gasteiger partial charge in [0.25, 0.3) is 0 Å². The minimum absolute atomic E-state index is 0.865. The summed E-state index contributed by atoms with van der Waals surface area (Å²) >= 11 is 4.24. The second-order valence-corrected chi connectivity index (χ2v) is 3.55. The minimum atomic E-state index is 0.865. The highest BCUT2D eigenvalue weighted by Gasteiger charge is 2.08. The Hall–Kier alpha value is -0.890. The summed E-state index contributed by atoms with van der Waals surface area (Å²) in [6.07, 6.45) is 0.978. The number of benzene rings is 1. The van der Waals surface area contributed by atoms with Crippen molar-refractivity contribution in [3.05, 3.63) is 35.6 Å². The molecule has 0 unspecified atom stereocenters. The van der Waals surface area contributed by atoms with E-state index in [9.17, 15) is 0 Å². The molecule has 0 aliphatic heterocycles. The third-order valence-electron chi connectivity index (χ3n) is 2.26. The summed E-state index contributed by atoms with van der Waals surface area (Å²) in [5.74, 6) is 1.89. The fourth-order valence-corrected chi connectivity index (χ4v) is 1.87. The Morgan fingerprint density at radius 1 is 1.31 bits per heavy atom. The molecule has 13 heavy (non-hydrogen) atoms. The molecule has 0 saturated carbocycles. The van der Waals surface area contributed by atoms with E-state index in [0.29, 0.717) is 0 Å². The van der Waals surface area contributed by atoms with Crippen LogP contribution < -0.4 is 0 Å². The number of hydrogen-bond donors (Lipinski definition) is 1. The van der Waals surface area contributed by atoms with Gasteiger partial charge in [0.2, 0.25) is 0 Å². The van der Waals surface area contributed by atoms with Crippen molar-refractivity contribution >= 4 is 23.6 Å². The highest BCUT2D eigenvalue weighted by molar-refractivity contribution is 7.80. The lowest BCUT2D eigenvalue weighted by Gasteiger charge is -1.94.